The van der Waals surface area contributed by atoms with Gasteiger partial charge in [0.2, 0.25) is 29.5 Å². The smallest absolute Gasteiger partial charge is 0.305 e. The van der Waals surface area contributed by atoms with Crippen molar-refractivity contribution < 1.29 is 68.1 Å². The van der Waals surface area contributed by atoms with Crippen molar-refractivity contribution in [1.29, 1.82) is 0 Å². The summed E-state index contributed by atoms with van der Waals surface area (Å²) in [5.74, 6) is -11.4. The second kappa shape index (κ2) is 32.4. The number of phenolic OH excluding ortho intramolecular Hbond substituents is 1. The van der Waals surface area contributed by atoms with E-state index >= 15 is 0 Å². The molecule has 420 valence electrons. The van der Waals surface area contributed by atoms with Gasteiger partial charge in [-0.15, -0.1) is 0 Å². The number of aliphatic carboxylic acids is 2. The summed E-state index contributed by atoms with van der Waals surface area (Å²) in [7, 11) is 0. The van der Waals surface area contributed by atoms with E-state index in [9.17, 15) is 68.1 Å². The molecule has 0 bridgehead atoms. The molecule has 22 heteroatoms. The lowest BCUT2D eigenvalue weighted by atomic mass is 9.89. The highest BCUT2D eigenvalue weighted by Gasteiger charge is 2.35. The van der Waals surface area contributed by atoms with Gasteiger partial charge in [-0.2, -0.15) is 23.5 Å². The number of carboxylic acids is 2. The normalized spacial score (nSPS) is 13.8. The van der Waals surface area contributed by atoms with Crippen LogP contribution in [-0.4, -0.2) is 133 Å². The highest BCUT2D eigenvalue weighted by atomic mass is 32.2. The van der Waals surface area contributed by atoms with Crippen LogP contribution in [0.25, 0.3) is 10.9 Å². The van der Waals surface area contributed by atoms with Crippen molar-refractivity contribution in [3.8, 4) is 5.75 Å². The van der Waals surface area contributed by atoms with Crippen molar-refractivity contribution in [2.24, 2.45) is 23.5 Å². The van der Waals surface area contributed by atoms with Crippen LogP contribution in [0, 0.1) is 17.8 Å². The molecule has 0 saturated carbocycles. The van der Waals surface area contributed by atoms with Gasteiger partial charge in [-0.1, -0.05) is 67.6 Å². The van der Waals surface area contributed by atoms with Crippen molar-refractivity contribution in [3.63, 3.8) is 0 Å². The number of thioether (sulfide) groups is 2. The highest BCUT2D eigenvalue weighted by molar-refractivity contribution is 7.98. The minimum absolute atomic E-state index is 0.0294. The number of H-pyrrole nitrogens is 1. The van der Waals surface area contributed by atoms with Crippen LogP contribution < -0.4 is 27.0 Å². The largest absolute Gasteiger partial charge is 0.508 e. The number of primary amides is 1. The van der Waals surface area contributed by atoms with E-state index in [4.69, 9.17) is 5.73 Å². The minimum Gasteiger partial charge on any atom is -0.508 e. The van der Waals surface area contributed by atoms with Gasteiger partial charge in [0.05, 0.1) is 37.0 Å². The van der Waals surface area contributed by atoms with Gasteiger partial charge in [0, 0.05) is 79.8 Å². The molecule has 1 heterocycles. The number of carbonyl (C=O) groups is 11. The molecule has 0 saturated heterocycles. The number of carboxylic acid groups (broad SMARTS) is 2. The lowest BCUT2D eigenvalue weighted by molar-refractivity contribution is -0.141. The molecule has 0 unspecified atom stereocenters. The summed E-state index contributed by atoms with van der Waals surface area (Å²) < 4.78 is 0. The molecule has 1 aromatic heterocycles. The number of amides is 5. The summed E-state index contributed by atoms with van der Waals surface area (Å²) in [6.45, 7) is 1.53. The molecule has 0 aliphatic rings. The molecule has 7 atom stereocenters. The summed E-state index contributed by atoms with van der Waals surface area (Å²) in [6, 6.07) is 16.5. The van der Waals surface area contributed by atoms with Crippen LogP contribution in [0.5, 0.6) is 5.75 Å². The number of aromatic hydroxyl groups is 1. The fourth-order valence-electron chi connectivity index (χ4n) is 8.80. The molecule has 4 rings (SSSR count). The first-order valence-corrected chi connectivity index (χ1v) is 28.4. The molecule has 5 amide bonds. The third kappa shape index (κ3) is 21.2. The van der Waals surface area contributed by atoms with Gasteiger partial charge >= 0.3 is 11.9 Å². The van der Waals surface area contributed by atoms with Gasteiger partial charge in [0.15, 0.2) is 23.1 Å². The van der Waals surface area contributed by atoms with E-state index in [0.717, 1.165) is 16.5 Å². The first kappa shape index (κ1) is 63.2. The molecule has 20 nitrogen and oxygen atoms in total. The number of aromatic nitrogens is 1. The highest BCUT2D eigenvalue weighted by Crippen LogP contribution is 2.24. The van der Waals surface area contributed by atoms with Crippen molar-refractivity contribution in [2.75, 3.05) is 24.0 Å². The summed E-state index contributed by atoms with van der Waals surface area (Å²) >= 11 is 2.77. The van der Waals surface area contributed by atoms with Gasteiger partial charge in [-0.05, 0) is 84.6 Å². The van der Waals surface area contributed by atoms with Crippen LogP contribution in [0.3, 0.4) is 0 Å². The third-order valence-corrected chi connectivity index (χ3v) is 14.4. The van der Waals surface area contributed by atoms with E-state index in [1.165, 1.54) is 54.7 Å². The molecule has 0 aliphatic heterocycles. The van der Waals surface area contributed by atoms with E-state index in [0.29, 0.717) is 22.6 Å². The molecule has 0 fully saturated rings. The number of ketones is 4. The molecular weight excluding hydrogens is 1040 g/mol. The zero-order valence-electron chi connectivity index (χ0n) is 44.0. The molecule has 4 aromatic rings. The average Bonchev–Trinajstić information content (AvgIpc) is 3.82. The Morgan fingerprint density at radius 3 is 1.67 bits per heavy atom. The fraction of sp³-hybridized carbons (Fsp3) is 0.446. The zero-order valence-corrected chi connectivity index (χ0v) is 45.6. The molecule has 0 spiro atoms. The monoisotopic (exact) mass is 1110 g/mol. The van der Waals surface area contributed by atoms with E-state index in [-0.39, 0.29) is 44.3 Å². The predicted molar refractivity (Wildman–Crippen MR) is 295 cm³/mol. The van der Waals surface area contributed by atoms with Crippen LogP contribution in [0.15, 0.2) is 85.1 Å². The Bertz CT molecular complexity index is 2740. The number of carbonyl (C=O) groups excluding carboxylic acids is 9. The van der Waals surface area contributed by atoms with Crippen molar-refractivity contribution >= 4 is 99.0 Å². The number of para-hydroxylation sites is 1. The van der Waals surface area contributed by atoms with Crippen molar-refractivity contribution in [3.05, 3.63) is 102 Å². The Morgan fingerprint density at radius 2 is 1.05 bits per heavy atom. The van der Waals surface area contributed by atoms with E-state index in [1.807, 2.05) is 18.2 Å². The summed E-state index contributed by atoms with van der Waals surface area (Å²) in [4.78, 5) is 150. The van der Waals surface area contributed by atoms with E-state index in [2.05, 4.69) is 26.3 Å². The van der Waals surface area contributed by atoms with Crippen LogP contribution in [-0.2, 0) is 72.0 Å². The first-order valence-electron chi connectivity index (χ1n) is 25.6. The second-order valence-electron chi connectivity index (χ2n) is 19.1. The molecule has 0 radical (unpaired) electrons. The quantitative estimate of drug-likeness (QED) is 0.0304. The van der Waals surface area contributed by atoms with Gasteiger partial charge in [-0.3, -0.25) is 52.7 Å². The Morgan fingerprint density at radius 1 is 0.538 bits per heavy atom. The third-order valence-electron chi connectivity index (χ3n) is 13.1. The zero-order chi connectivity index (χ0) is 57.3. The van der Waals surface area contributed by atoms with Crippen molar-refractivity contribution in [2.45, 2.75) is 115 Å². The Kier molecular flexibility index (Phi) is 26.3. The second-order valence-corrected chi connectivity index (χ2v) is 21.0. The van der Waals surface area contributed by atoms with Crippen LogP contribution in [0.2, 0.25) is 0 Å². The lowest BCUT2D eigenvalue weighted by Gasteiger charge is -2.24. The van der Waals surface area contributed by atoms with Gasteiger partial charge in [0.25, 0.3) is 0 Å². The number of hydrogen-bond acceptors (Lipinski definition) is 14. The summed E-state index contributed by atoms with van der Waals surface area (Å²) in [5.41, 5.74) is 8.31. The first-order chi connectivity index (χ1) is 37.2. The average molecular weight is 1120 g/mol. The van der Waals surface area contributed by atoms with Gasteiger partial charge in [0.1, 0.15) is 5.75 Å². The number of fused-ring (bicyclic) bond motifs is 1. The summed E-state index contributed by atoms with van der Waals surface area (Å²) in [6.07, 6.45) is 1.70. The number of benzene rings is 3. The lowest BCUT2D eigenvalue weighted by Crippen LogP contribution is -2.48. The molecule has 0 aliphatic carbocycles. The van der Waals surface area contributed by atoms with Gasteiger partial charge < -0.3 is 47.3 Å². The maximum absolute atomic E-state index is 14.5. The number of phenols is 1. The van der Waals surface area contributed by atoms with Gasteiger partial charge in [-0.25, -0.2) is 0 Å². The van der Waals surface area contributed by atoms with Crippen molar-refractivity contribution in [1.82, 2.24) is 26.3 Å². The SMILES string of the molecule is CCC(=O)N[C@@H](CC(=O)O)C(=O)C[C@@H](Cc1ccc(O)cc1)C(=O)N[C@@H](CCSC)C(=O)CCC(=O)N[C@@H](Cc1c[nH]c2ccccc12)C(=O)C[C@@H](CCSC)C(=O)N[C@@H](CC(=O)O)C(=O)C[C@@H](Cc1ccccc1)C(N)=O. The fourth-order valence-corrected chi connectivity index (χ4v) is 9.79. The number of nitrogens with two attached hydrogens (primary N) is 1. The van der Waals surface area contributed by atoms with Crippen LogP contribution in [0.1, 0.15) is 87.8 Å². The predicted octanol–water partition coefficient (Wildman–Crippen LogP) is 4.27. The molecule has 10 N–H and O–H groups in total. The molecule has 78 heavy (non-hydrogen) atoms. The standard InChI is InChI=1S/C56H70N6O14S2/c1-4-50(68)59-44(30-52(70)71)49(67)29-37(25-34-14-16-39(63)17-15-34)56(76)61-42(21-23-78-3)46(64)18-19-51(69)60-43(26-38-32-58-41-13-9-8-12-40(38)41)47(65)27-35(20-22-77-2)55(75)62-45(31-53(72)73)48(66)28-36(54(57)74)24-33-10-6-5-7-11-33/h5-17,32,35-37,42-45,58,63H,4,18-31H2,1-3H3,(H2,57,74)(H,59,68)(H,60,69)(H,61,76)(H,62,75)(H,70,71)(H,72,73)/t35-,36-,37-,42+,43+,44+,45+/m1/s1. The number of aromatic amines is 1. The maximum atomic E-state index is 14.5. The number of Topliss-reactive ketones (excluding diaryl/α,β-unsaturated/α-hetero) is 4. The Balaban J connectivity index is 1.55. The van der Waals surface area contributed by atoms with E-state index < -0.39 is 151 Å². The number of rotatable bonds is 37. The Hall–Kier alpha value is -7.33. The topological polar surface area (TPSA) is 338 Å². The summed E-state index contributed by atoms with van der Waals surface area (Å²) in [5, 5.41) is 40.4. The number of hydrogen-bond donors (Lipinski definition) is 9. The minimum atomic E-state index is -1.56. The van der Waals surface area contributed by atoms with Crippen LogP contribution >= 0.6 is 23.5 Å². The molecular formula is C56H70N6O14S2. The maximum Gasteiger partial charge on any atom is 0.305 e. The molecule has 3 aromatic carbocycles. The number of nitrogens with one attached hydrogen (secondary N) is 5. The van der Waals surface area contributed by atoms with Crippen LogP contribution in [0.4, 0.5) is 0 Å². The van der Waals surface area contributed by atoms with E-state index in [1.54, 1.807) is 55.1 Å². The Labute approximate surface area is 461 Å².